The van der Waals surface area contributed by atoms with Gasteiger partial charge in [-0.1, -0.05) is 0 Å². The lowest BCUT2D eigenvalue weighted by Crippen LogP contribution is -2.80. The number of aliphatic hydroxyl groups excluding tert-OH is 1. The van der Waals surface area contributed by atoms with Crippen molar-refractivity contribution < 1.29 is 150 Å². The molecule has 0 radical (unpaired) electrons. The fraction of sp³-hybridized carbons (Fsp3) is 1.00. The van der Waals surface area contributed by atoms with Crippen molar-refractivity contribution in [2.75, 3.05) is 6.61 Å². The largest absolute Gasteiger partial charge is 0.460 e. The Hall–Kier alpha value is -2.35. The summed E-state index contributed by atoms with van der Waals surface area (Å²) in [4.78, 5) is 0. The number of hydrogen-bond acceptors (Lipinski definition) is 1. The summed E-state index contributed by atoms with van der Waals surface area (Å²) in [7, 11) is 0. The SMILES string of the molecule is OCCC(F)(F)C(F)(F)C(F)(F)C(F)(F)C(F)(F)C(F)(F)C(F)(F)C(F)(F)C(F)(F)C(F)(F)C(F)(F)C(F)(F)C(F)(F)C(F)(F)C(F)(F)C(F)(F)F. The second-order valence-corrected chi connectivity index (χ2v) is 9.72. The predicted molar refractivity (Wildman–Crippen MR) is 92.0 cm³/mol. The molecule has 0 saturated carbocycles. The van der Waals surface area contributed by atoms with Gasteiger partial charge in [-0.2, -0.15) is 145 Å². The first-order valence-electron chi connectivity index (χ1n) is 11.2. The van der Waals surface area contributed by atoms with E-state index in [0.29, 0.717) is 0 Å². The summed E-state index contributed by atoms with van der Waals surface area (Å²) >= 11 is 0. The molecule has 0 aliphatic rings. The zero-order chi connectivity index (χ0) is 43.4. The third kappa shape index (κ3) is 5.55. The lowest BCUT2D eigenvalue weighted by atomic mass is 9.82. The fourth-order valence-electron chi connectivity index (χ4n) is 3.07. The van der Waals surface area contributed by atoms with Crippen LogP contribution >= 0.6 is 0 Å². The summed E-state index contributed by atoms with van der Waals surface area (Å²) < 4.78 is 442. The molecule has 0 saturated heterocycles. The van der Waals surface area contributed by atoms with Crippen LogP contribution in [0.25, 0.3) is 0 Å². The van der Waals surface area contributed by atoms with Gasteiger partial charge in [0.05, 0.1) is 0 Å². The molecule has 0 aromatic rings. The first kappa shape index (κ1) is 49.6. The van der Waals surface area contributed by atoms with E-state index < -0.39 is 108 Å². The van der Waals surface area contributed by atoms with Crippen LogP contribution in [0.4, 0.5) is 145 Å². The first-order chi connectivity index (χ1) is 21.8. The van der Waals surface area contributed by atoms with E-state index in [1.54, 1.807) is 0 Å². The van der Waals surface area contributed by atoms with E-state index in [0.717, 1.165) is 0 Å². The van der Waals surface area contributed by atoms with Gasteiger partial charge >= 0.3 is 95.0 Å². The summed E-state index contributed by atoms with van der Waals surface area (Å²) in [6, 6.07) is 0. The summed E-state index contributed by atoms with van der Waals surface area (Å²) in [5.74, 6) is -143. The van der Waals surface area contributed by atoms with Gasteiger partial charge in [0, 0.05) is 13.0 Å². The summed E-state index contributed by atoms with van der Waals surface area (Å²) in [6.07, 6.45) is -11.7. The summed E-state index contributed by atoms with van der Waals surface area (Å²) in [5.41, 5.74) is 0. The van der Waals surface area contributed by atoms with Crippen molar-refractivity contribution in [1.82, 2.24) is 0 Å². The molecule has 52 heavy (non-hydrogen) atoms. The molecule has 0 heterocycles. The standard InChI is InChI=1S/C18H5F33O/c19-3(20,1-2-52)4(21,22)5(23,24)6(25,26)7(27,28)8(29,30)9(31,32)10(33,34)11(35,36)12(37,38)13(39,40)14(41,42)15(43,44)16(45,46)17(47,48)18(49,50)51/h52H,1-2H2. The quantitative estimate of drug-likeness (QED) is 0.153. The maximum absolute atomic E-state index is 13.8. The van der Waals surface area contributed by atoms with Crippen LogP contribution in [0, 0.1) is 0 Å². The molecule has 314 valence electrons. The number of alkyl halides is 33. The average molecular weight is 864 g/mol. The molecule has 0 spiro atoms. The second kappa shape index (κ2) is 12.1. The third-order valence-electron chi connectivity index (χ3n) is 6.37. The van der Waals surface area contributed by atoms with Crippen LogP contribution in [0.3, 0.4) is 0 Å². The van der Waals surface area contributed by atoms with Crippen LogP contribution in [0.2, 0.25) is 0 Å². The molecule has 0 atom stereocenters. The summed E-state index contributed by atoms with van der Waals surface area (Å²) in [5, 5.41) is 8.03. The van der Waals surface area contributed by atoms with Gasteiger partial charge in [-0.15, -0.1) is 0 Å². The molecule has 0 bridgehead atoms. The molecule has 0 aromatic heterocycles. The number of halogens is 33. The van der Waals surface area contributed by atoms with Crippen molar-refractivity contribution in [3.05, 3.63) is 0 Å². The molecule has 0 unspecified atom stereocenters. The molecule has 1 nitrogen and oxygen atoms in total. The van der Waals surface area contributed by atoms with E-state index in [-0.39, 0.29) is 0 Å². The maximum Gasteiger partial charge on any atom is 0.460 e. The van der Waals surface area contributed by atoms with Gasteiger partial charge in [0.25, 0.3) is 0 Å². The first-order valence-corrected chi connectivity index (χ1v) is 11.2. The lowest BCUT2D eigenvalue weighted by molar-refractivity contribution is -0.491. The van der Waals surface area contributed by atoms with E-state index in [2.05, 4.69) is 0 Å². The Kier molecular flexibility index (Phi) is 11.5. The van der Waals surface area contributed by atoms with Crippen molar-refractivity contribution in [1.29, 1.82) is 0 Å². The van der Waals surface area contributed by atoms with Crippen LogP contribution in [-0.4, -0.2) is 107 Å². The van der Waals surface area contributed by atoms with Crippen LogP contribution in [0.1, 0.15) is 6.42 Å². The minimum atomic E-state index is -10.2. The highest BCUT2D eigenvalue weighted by Crippen LogP contribution is 2.70. The van der Waals surface area contributed by atoms with Gasteiger partial charge in [-0.3, -0.25) is 0 Å². The topological polar surface area (TPSA) is 20.2 Å². The Morgan fingerprint density at radius 2 is 0.346 bits per heavy atom. The monoisotopic (exact) mass is 864 g/mol. The van der Waals surface area contributed by atoms with E-state index >= 15 is 0 Å². The van der Waals surface area contributed by atoms with E-state index in [9.17, 15) is 145 Å². The lowest BCUT2D eigenvalue weighted by Gasteiger charge is -2.46. The van der Waals surface area contributed by atoms with Crippen LogP contribution in [0.15, 0.2) is 0 Å². The highest BCUT2D eigenvalue weighted by molar-refractivity contribution is 5.22. The molecule has 0 amide bonds. The predicted octanol–water partition coefficient (Wildman–Crippen LogP) is 10.5. The zero-order valence-corrected chi connectivity index (χ0v) is 22.3. The maximum atomic E-state index is 13.8. The van der Waals surface area contributed by atoms with Gasteiger partial charge < -0.3 is 5.11 Å². The Morgan fingerprint density at radius 3 is 0.481 bits per heavy atom. The smallest absolute Gasteiger partial charge is 0.396 e. The van der Waals surface area contributed by atoms with Crippen molar-refractivity contribution >= 4 is 0 Å². The Labute approximate surface area is 259 Å². The molecule has 0 aliphatic heterocycles. The molecular formula is C18H5F33O. The highest BCUT2D eigenvalue weighted by atomic mass is 19.4. The molecular weight excluding hydrogens is 859 g/mol. The van der Waals surface area contributed by atoms with E-state index in [1.807, 2.05) is 0 Å². The Balaban J connectivity index is 7.71. The average Bonchev–Trinajstić information content (AvgIpc) is 2.90. The van der Waals surface area contributed by atoms with Crippen LogP contribution < -0.4 is 0 Å². The van der Waals surface area contributed by atoms with Gasteiger partial charge in [0.1, 0.15) is 0 Å². The Morgan fingerprint density at radius 1 is 0.212 bits per heavy atom. The number of rotatable bonds is 16. The minimum absolute atomic E-state index is 2.58. The Bertz CT molecular complexity index is 1280. The molecule has 0 aromatic carbocycles. The third-order valence-corrected chi connectivity index (χ3v) is 6.37. The minimum Gasteiger partial charge on any atom is -0.396 e. The summed E-state index contributed by atoms with van der Waals surface area (Å²) in [6.45, 7) is -2.58. The van der Waals surface area contributed by atoms with E-state index in [4.69, 9.17) is 5.11 Å². The van der Waals surface area contributed by atoms with Crippen molar-refractivity contribution in [2.45, 2.75) is 101 Å². The second-order valence-electron chi connectivity index (χ2n) is 9.72. The molecule has 0 aliphatic carbocycles. The van der Waals surface area contributed by atoms with Gasteiger partial charge in [-0.05, 0) is 0 Å². The number of hydrogen-bond donors (Lipinski definition) is 1. The fourth-order valence-corrected chi connectivity index (χ4v) is 3.07. The number of aliphatic hydroxyl groups is 1. The molecule has 1 N–H and O–H groups in total. The molecule has 34 heteroatoms. The highest BCUT2D eigenvalue weighted by Gasteiger charge is 3.01. The van der Waals surface area contributed by atoms with Crippen molar-refractivity contribution in [3.8, 4) is 0 Å². The van der Waals surface area contributed by atoms with Gasteiger partial charge in [0.15, 0.2) is 0 Å². The van der Waals surface area contributed by atoms with Crippen molar-refractivity contribution in [2.24, 2.45) is 0 Å². The van der Waals surface area contributed by atoms with Crippen LogP contribution in [-0.2, 0) is 0 Å². The molecule has 0 fully saturated rings. The molecule has 0 rings (SSSR count). The normalized spacial score (nSPS) is 17.2. The van der Waals surface area contributed by atoms with E-state index in [1.165, 1.54) is 0 Å². The zero-order valence-electron chi connectivity index (χ0n) is 22.3. The van der Waals surface area contributed by atoms with Gasteiger partial charge in [0.2, 0.25) is 0 Å². The van der Waals surface area contributed by atoms with Crippen LogP contribution in [0.5, 0.6) is 0 Å². The van der Waals surface area contributed by atoms with Crippen molar-refractivity contribution in [3.63, 3.8) is 0 Å². The van der Waals surface area contributed by atoms with Gasteiger partial charge in [-0.25, -0.2) is 0 Å².